The molecule has 0 spiro atoms. The second-order valence-corrected chi connectivity index (χ2v) is 7.44. The minimum absolute atomic E-state index is 0.00657. The molecule has 1 atom stereocenters. The first-order chi connectivity index (χ1) is 9.38. The smallest absolute Gasteiger partial charge is 0.218 e. The number of benzene rings is 1. The Bertz CT molecular complexity index is 532. The van der Waals surface area contributed by atoms with Crippen LogP contribution in [0.3, 0.4) is 0 Å². The summed E-state index contributed by atoms with van der Waals surface area (Å²) in [6.07, 6.45) is 1.08. The summed E-state index contributed by atoms with van der Waals surface area (Å²) < 4.78 is 26.2. The lowest BCUT2D eigenvalue weighted by molar-refractivity contribution is 0.0912. The standard InChI is InChI=1S/C14H22N2O3S/c1-11(17)13-6-8-16(9-7-13)20(18,19)10-12-2-4-14(15)5-3-12/h2-5,11,13,17H,6-10,15H2,1H3. The maximum Gasteiger partial charge on any atom is 0.218 e. The minimum atomic E-state index is -3.29. The zero-order chi connectivity index (χ0) is 14.8. The lowest BCUT2D eigenvalue weighted by atomic mass is 9.93. The topological polar surface area (TPSA) is 83.6 Å². The fourth-order valence-corrected chi connectivity index (χ4v) is 4.12. The molecule has 112 valence electrons. The van der Waals surface area contributed by atoms with Crippen LogP contribution >= 0.6 is 0 Å². The molecule has 0 saturated carbocycles. The molecular formula is C14H22N2O3S. The van der Waals surface area contributed by atoms with Crippen molar-refractivity contribution in [3.8, 4) is 0 Å². The third kappa shape index (κ3) is 3.71. The molecule has 1 saturated heterocycles. The maximum absolute atomic E-state index is 12.3. The van der Waals surface area contributed by atoms with Gasteiger partial charge < -0.3 is 10.8 Å². The Morgan fingerprint density at radius 1 is 1.30 bits per heavy atom. The van der Waals surface area contributed by atoms with Gasteiger partial charge in [-0.2, -0.15) is 0 Å². The third-order valence-electron chi connectivity index (χ3n) is 3.90. The van der Waals surface area contributed by atoms with Gasteiger partial charge >= 0.3 is 0 Å². The predicted octanol–water partition coefficient (Wildman–Crippen LogP) is 1.19. The van der Waals surface area contributed by atoms with Crippen molar-refractivity contribution >= 4 is 15.7 Å². The fourth-order valence-electron chi connectivity index (χ4n) is 2.55. The van der Waals surface area contributed by atoms with Crippen LogP contribution < -0.4 is 5.73 Å². The number of hydrogen-bond donors (Lipinski definition) is 2. The predicted molar refractivity (Wildman–Crippen MR) is 79.5 cm³/mol. The van der Waals surface area contributed by atoms with Crippen LogP contribution in [-0.2, 0) is 15.8 Å². The average molecular weight is 298 g/mol. The van der Waals surface area contributed by atoms with E-state index in [-0.39, 0.29) is 17.8 Å². The van der Waals surface area contributed by atoms with Crippen molar-refractivity contribution in [1.82, 2.24) is 4.31 Å². The van der Waals surface area contributed by atoms with E-state index in [0.717, 1.165) is 18.4 Å². The molecule has 1 aromatic carbocycles. The first kappa shape index (κ1) is 15.3. The molecule has 20 heavy (non-hydrogen) atoms. The lowest BCUT2D eigenvalue weighted by Gasteiger charge is -2.32. The number of hydrogen-bond acceptors (Lipinski definition) is 4. The summed E-state index contributed by atoms with van der Waals surface area (Å²) in [6.45, 7) is 2.75. The largest absolute Gasteiger partial charge is 0.399 e. The highest BCUT2D eigenvalue weighted by Crippen LogP contribution is 2.24. The van der Waals surface area contributed by atoms with Crippen LogP contribution in [0.5, 0.6) is 0 Å². The minimum Gasteiger partial charge on any atom is -0.399 e. The van der Waals surface area contributed by atoms with E-state index in [2.05, 4.69) is 0 Å². The van der Waals surface area contributed by atoms with E-state index >= 15 is 0 Å². The van der Waals surface area contributed by atoms with E-state index in [0.29, 0.717) is 18.8 Å². The van der Waals surface area contributed by atoms with Gasteiger partial charge in [0.05, 0.1) is 11.9 Å². The normalized spacial score (nSPS) is 19.9. The van der Waals surface area contributed by atoms with E-state index in [9.17, 15) is 13.5 Å². The Labute approximate surface area is 120 Å². The van der Waals surface area contributed by atoms with E-state index in [1.54, 1.807) is 31.2 Å². The highest BCUT2D eigenvalue weighted by molar-refractivity contribution is 7.88. The maximum atomic E-state index is 12.3. The van der Waals surface area contributed by atoms with Crippen LogP contribution in [0.15, 0.2) is 24.3 Å². The molecule has 1 aliphatic heterocycles. The summed E-state index contributed by atoms with van der Waals surface area (Å²) in [5.74, 6) is 0.213. The van der Waals surface area contributed by atoms with Crippen molar-refractivity contribution in [2.45, 2.75) is 31.6 Å². The molecule has 0 aromatic heterocycles. The average Bonchev–Trinajstić information content (AvgIpc) is 2.41. The molecule has 0 bridgehead atoms. The number of aliphatic hydroxyl groups is 1. The Morgan fingerprint density at radius 2 is 1.85 bits per heavy atom. The number of nitrogens with two attached hydrogens (primary N) is 1. The van der Waals surface area contributed by atoms with E-state index < -0.39 is 10.0 Å². The van der Waals surface area contributed by atoms with Crippen molar-refractivity contribution < 1.29 is 13.5 Å². The lowest BCUT2D eigenvalue weighted by Crippen LogP contribution is -2.41. The molecule has 2 rings (SSSR count). The Balaban J connectivity index is 1.99. The van der Waals surface area contributed by atoms with E-state index in [4.69, 9.17) is 5.73 Å². The molecular weight excluding hydrogens is 276 g/mol. The SMILES string of the molecule is CC(O)C1CCN(S(=O)(=O)Cc2ccc(N)cc2)CC1. The van der Waals surface area contributed by atoms with Gasteiger partial charge in [0.2, 0.25) is 10.0 Å². The number of aliphatic hydroxyl groups excluding tert-OH is 1. The fraction of sp³-hybridized carbons (Fsp3) is 0.571. The highest BCUT2D eigenvalue weighted by Gasteiger charge is 2.29. The molecule has 0 amide bonds. The van der Waals surface area contributed by atoms with Gasteiger partial charge in [-0.05, 0) is 43.4 Å². The van der Waals surface area contributed by atoms with Crippen LogP contribution in [0.4, 0.5) is 5.69 Å². The number of rotatable bonds is 4. The van der Waals surface area contributed by atoms with Crippen LogP contribution in [0.25, 0.3) is 0 Å². The summed E-state index contributed by atoms with van der Waals surface area (Å²) in [6, 6.07) is 6.92. The van der Waals surface area contributed by atoms with Crippen molar-refractivity contribution in [3.05, 3.63) is 29.8 Å². The quantitative estimate of drug-likeness (QED) is 0.818. The number of sulfonamides is 1. The summed E-state index contributed by atoms with van der Waals surface area (Å²) >= 11 is 0. The van der Waals surface area contributed by atoms with E-state index in [1.807, 2.05) is 0 Å². The van der Waals surface area contributed by atoms with Crippen molar-refractivity contribution in [2.75, 3.05) is 18.8 Å². The van der Waals surface area contributed by atoms with Crippen LogP contribution in [0.1, 0.15) is 25.3 Å². The number of nitrogens with zero attached hydrogens (tertiary/aromatic N) is 1. The van der Waals surface area contributed by atoms with Gasteiger partial charge in [0.1, 0.15) is 0 Å². The van der Waals surface area contributed by atoms with Crippen molar-refractivity contribution in [1.29, 1.82) is 0 Å². The van der Waals surface area contributed by atoms with Gasteiger partial charge in [-0.1, -0.05) is 12.1 Å². The number of piperidine rings is 1. The Kier molecular flexibility index (Phi) is 4.67. The molecule has 5 nitrogen and oxygen atoms in total. The number of nitrogen functional groups attached to an aromatic ring is 1. The highest BCUT2D eigenvalue weighted by atomic mass is 32.2. The molecule has 0 aliphatic carbocycles. The molecule has 1 heterocycles. The van der Waals surface area contributed by atoms with Crippen LogP contribution in [0.2, 0.25) is 0 Å². The first-order valence-electron chi connectivity index (χ1n) is 6.89. The number of anilines is 1. The Morgan fingerprint density at radius 3 is 2.35 bits per heavy atom. The summed E-state index contributed by atoms with van der Waals surface area (Å²) in [7, 11) is -3.29. The zero-order valence-electron chi connectivity index (χ0n) is 11.7. The third-order valence-corrected chi connectivity index (χ3v) is 5.75. The van der Waals surface area contributed by atoms with E-state index in [1.165, 1.54) is 4.31 Å². The van der Waals surface area contributed by atoms with Crippen molar-refractivity contribution in [2.24, 2.45) is 5.92 Å². The second-order valence-electron chi connectivity index (χ2n) is 5.47. The van der Waals surface area contributed by atoms with Gasteiger partial charge in [-0.15, -0.1) is 0 Å². The van der Waals surface area contributed by atoms with Crippen LogP contribution in [-0.4, -0.2) is 37.0 Å². The molecule has 0 radical (unpaired) electrons. The molecule has 1 aliphatic rings. The van der Waals surface area contributed by atoms with Gasteiger partial charge in [0, 0.05) is 18.8 Å². The molecule has 6 heteroatoms. The summed E-state index contributed by atoms with van der Waals surface area (Å²) in [4.78, 5) is 0. The summed E-state index contributed by atoms with van der Waals surface area (Å²) in [5, 5.41) is 9.55. The summed E-state index contributed by atoms with van der Waals surface area (Å²) in [5.41, 5.74) is 6.97. The monoisotopic (exact) mass is 298 g/mol. The van der Waals surface area contributed by atoms with Gasteiger partial charge in [-0.3, -0.25) is 0 Å². The van der Waals surface area contributed by atoms with Crippen molar-refractivity contribution in [3.63, 3.8) is 0 Å². The van der Waals surface area contributed by atoms with Crippen LogP contribution in [0, 0.1) is 5.92 Å². The second kappa shape index (κ2) is 6.11. The molecule has 3 N–H and O–H groups in total. The first-order valence-corrected chi connectivity index (χ1v) is 8.50. The molecule has 1 unspecified atom stereocenters. The molecule has 1 fully saturated rings. The van der Waals surface area contributed by atoms with Gasteiger partial charge in [-0.25, -0.2) is 12.7 Å². The van der Waals surface area contributed by atoms with Gasteiger partial charge in [0.25, 0.3) is 0 Å². The molecule has 1 aromatic rings. The zero-order valence-corrected chi connectivity index (χ0v) is 12.5. The Hall–Kier alpha value is -1.11. The van der Waals surface area contributed by atoms with Gasteiger partial charge in [0.15, 0.2) is 0 Å².